The SMILES string of the molecule is Cc1ccc(NC(=O)N2CCCC(OCc3ccc(F)cc3)C2)cc1. The Morgan fingerprint density at radius 1 is 1.20 bits per heavy atom. The van der Waals surface area contributed by atoms with Crippen molar-refractivity contribution >= 4 is 11.7 Å². The molecule has 2 aromatic carbocycles. The highest BCUT2D eigenvalue weighted by molar-refractivity contribution is 5.89. The van der Waals surface area contributed by atoms with Crippen molar-refractivity contribution in [3.8, 4) is 0 Å². The lowest BCUT2D eigenvalue weighted by molar-refractivity contribution is 0.000999. The molecule has 1 fully saturated rings. The first-order valence-electron chi connectivity index (χ1n) is 8.59. The molecular weight excluding hydrogens is 319 g/mol. The Balaban J connectivity index is 1.50. The van der Waals surface area contributed by atoms with Crippen molar-refractivity contribution in [3.05, 3.63) is 65.5 Å². The summed E-state index contributed by atoms with van der Waals surface area (Å²) in [7, 11) is 0. The predicted molar refractivity (Wildman–Crippen MR) is 96.0 cm³/mol. The van der Waals surface area contributed by atoms with Crippen LogP contribution in [0.25, 0.3) is 0 Å². The molecule has 1 heterocycles. The second-order valence-electron chi connectivity index (χ2n) is 6.44. The van der Waals surface area contributed by atoms with Crippen LogP contribution in [-0.4, -0.2) is 30.1 Å². The lowest BCUT2D eigenvalue weighted by atomic mass is 10.1. The first-order valence-corrected chi connectivity index (χ1v) is 8.59. The number of hydrogen-bond acceptors (Lipinski definition) is 2. The lowest BCUT2D eigenvalue weighted by Crippen LogP contribution is -2.45. The first kappa shape index (κ1) is 17.4. The van der Waals surface area contributed by atoms with E-state index in [2.05, 4.69) is 5.32 Å². The van der Waals surface area contributed by atoms with Crippen LogP contribution in [0.5, 0.6) is 0 Å². The Labute approximate surface area is 147 Å². The van der Waals surface area contributed by atoms with Gasteiger partial charge in [0.05, 0.1) is 12.7 Å². The number of anilines is 1. The van der Waals surface area contributed by atoms with E-state index >= 15 is 0 Å². The van der Waals surface area contributed by atoms with Gasteiger partial charge in [-0.15, -0.1) is 0 Å². The largest absolute Gasteiger partial charge is 0.372 e. The van der Waals surface area contributed by atoms with Crippen molar-refractivity contribution in [1.82, 2.24) is 4.90 Å². The highest BCUT2D eigenvalue weighted by Gasteiger charge is 2.24. The van der Waals surface area contributed by atoms with Gasteiger partial charge < -0.3 is 15.0 Å². The number of amides is 2. The van der Waals surface area contributed by atoms with Gasteiger partial charge in [-0.05, 0) is 49.6 Å². The summed E-state index contributed by atoms with van der Waals surface area (Å²) in [5.41, 5.74) is 2.89. The zero-order valence-electron chi connectivity index (χ0n) is 14.4. The molecule has 5 heteroatoms. The van der Waals surface area contributed by atoms with Crippen molar-refractivity contribution in [2.45, 2.75) is 32.5 Å². The van der Waals surface area contributed by atoms with E-state index < -0.39 is 0 Å². The first-order chi connectivity index (χ1) is 12.1. The molecule has 1 N–H and O–H groups in total. The lowest BCUT2D eigenvalue weighted by Gasteiger charge is -2.32. The van der Waals surface area contributed by atoms with Gasteiger partial charge in [-0.1, -0.05) is 29.8 Å². The van der Waals surface area contributed by atoms with E-state index in [0.717, 1.165) is 36.2 Å². The summed E-state index contributed by atoms with van der Waals surface area (Å²) in [4.78, 5) is 14.2. The Kier molecular flexibility index (Phi) is 5.66. The zero-order chi connectivity index (χ0) is 17.6. The van der Waals surface area contributed by atoms with E-state index in [9.17, 15) is 9.18 Å². The quantitative estimate of drug-likeness (QED) is 0.898. The monoisotopic (exact) mass is 342 g/mol. The van der Waals surface area contributed by atoms with E-state index in [4.69, 9.17) is 4.74 Å². The summed E-state index contributed by atoms with van der Waals surface area (Å²) in [5.74, 6) is -0.250. The summed E-state index contributed by atoms with van der Waals surface area (Å²) >= 11 is 0. The fourth-order valence-corrected chi connectivity index (χ4v) is 2.89. The average molecular weight is 342 g/mol. The number of aryl methyl sites for hydroxylation is 1. The van der Waals surface area contributed by atoms with Crippen molar-refractivity contribution in [2.75, 3.05) is 18.4 Å². The van der Waals surface area contributed by atoms with Gasteiger partial charge >= 0.3 is 6.03 Å². The number of piperidine rings is 1. The molecule has 2 amide bonds. The number of benzene rings is 2. The minimum absolute atomic E-state index is 0.00238. The number of hydrogen-bond donors (Lipinski definition) is 1. The van der Waals surface area contributed by atoms with Gasteiger partial charge in [0.2, 0.25) is 0 Å². The Morgan fingerprint density at radius 2 is 1.92 bits per heavy atom. The minimum atomic E-state index is -0.250. The van der Waals surface area contributed by atoms with Crippen molar-refractivity contribution in [2.24, 2.45) is 0 Å². The molecule has 3 rings (SSSR count). The van der Waals surface area contributed by atoms with Gasteiger partial charge in [0, 0.05) is 18.8 Å². The number of carbonyl (C=O) groups is 1. The maximum atomic E-state index is 12.9. The third-order valence-corrected chi connectivity index (χ3v) is 4.37. The molecular formula is C20H23FN2O2. The Bertz CT molecular complexity index is 701. The predicted octanol–water partition coefficient (Wildman–Crippen LogP) is 4.35. The number of rotatable bonds is 4. The number of ether oxygens (including phenoxy) is 1. The van der Waals surface area contributed by atoms with Gasteiger partial charge in [0.15, 0.2) is 0 Å². The van der Waals surface area contributed by atoms with Crippen LogP contribution >= 0.6 is 0 Å². The third kappa shape index (κ3) is 5.03. The van der Waals surface area contributed by atoms with Crippen LogP contribution in [0.2, 0.25) is 0 Å². The summed E-state index contributed by atoms with van der Waals surface area (Å²) in [6, 6.07) is 14.0. The molecule has 25 heavy (non-hydrogen) atoms. The second-order valence-corrected chi connectivity index (χ2v) is 6.44. The minimum Gasteiger partial charge on any atom is -0.372 e. The van der Waals surface area contributed by atoms with Gasteiger partial charge in [0.25, 0.3) is 0 Å². The molecule has 1 unspecified atom stereocenters. The summed E-state index contributed by atoms with van der Waals surface area (Å²) in [5, 5.41) is 2.93. The molecule has 1 aliphatic heterocycles. The van der Waals surface area contributed by atoms with E-state index in [1.807, 2.05) is 31.2 Å². The van der Waals surface area contributed by atoms with Crippen LogP contribution in [0, 0.1) is 12.7 Å². The van der Waals surface area contributed by atoms with Crippen LogP contribution in [0.1, 0.15) is 24.0 Å². The maximum absolute atomic E-state index is 12.9. The van der Waals surface area contributed by atoms with Crippen molar-refractivity contribution < 1.29 is 13.9 Å². The number of urea groups is 1. The molecule has 1 aliphatic rings. The fourth-order valence-electron chi connectivity index (χ4n) is 2.89. The number of nitrogens with one attached hydrogen (secondary N) is 1. The highest BCUT2D eigenvalue weighted by atomic mass is 19.1. The molecule has 1 saturated heterocycles. The van der Waals surface area contributed by atoms with Gasteiger partial charge in [-0.2, -0.15) is 0 Å². The Hall–Kier alpha value is -2.40. The molecule has 0 radical (unpaired) electrons. The van der Waals surface area contributed by atoms with Crippen LogP contribution in [0.15, 0.2) is 48.5 Å². The molecule has 2 aromatic rings. The van der Waals surface area contributed by atoms with Crippen molar-refractivity contribution in [3.63, 3.8) is 0 Å². The number of halogens is 1. The van der Waals surface area contributed by atoms with E-state index in [1.54, 1.807) is 17.0 Å². The van der Waals surface area contributed by atoms with E-state index in [1.165, 1.54) is 12.1 Å². The number of carbonyl (C=O) groups excluding carboxylic acids is 1. The molecule has 0 saturated carbocycles. The molecule has 0 aromatic heterocycles. The summed E-state index contributed by atoms with van der Waals surface area (Å²) in [6.45, 7) is 3.74. The van der Waals surface area contributed by atoms with E-state index in [-0.39, 0.29) is 18.0 Å². The Morgan fingerprint density at radius 3 is 2.64 bits per heavy atom. The topological polar surface area (TPSA) is 41.6 Å². The smallest absolute Gasteiger partial charge is 0.321 e. The molecule has 0 spiro atoms. The van der Waals surface area contributed by atoms with Crippen LogP contribution in [0.3, 0.4) is 0 Å². The fraction of sp³-hybridized carbons (Fsp3) is 0.350. The van der Waals surface area contributed by atoms with Crippen LogP contribution in [-0.2, 0) is 11.3 Å². The standard InChI is InChI=1S/C20H23FN2O2/c1-15-4-10-18(11-5-15)22-20(24)23-12-2-3-19(13-23)25-14-16-6-8-17(21)9-7-16/h4-11,19H,2-3,12-14H2,1H3,(H,22,24). The van der Waals surface area contributed by atoms with Crippen LogP contribution in [0.4, 0.5) is 14.9 Å². The number of nitrogens with zero attached hydrogens (tertiary/aromatic N) is 1. The van der Waals surface area contributed by atoms with Gasteiger partial charge in [-0.3, -0.25) is 0 Å². The molecule has 4 nitrogen and oxygen atoms in total. The maximum Gasteiger partial charge on any atom is 0.321 e. The summed E-state index contributed by atoms with van der Waals surface area (Å²) in [6.07, 6.45) is 1.84. The van der Waals surface area contributed by atoms with Gasteiger partial charge in [-0.25, -0.2) is 9.18 Å². The van der Waals surface area contributed by atoms with E-state index in [0.29, 0.717) is 13.2 Å². The number of likely N-dealkylation sites (tertiary alicyclic amines) is 1. The molecule has 132 valence electrons. The normalized spacial score (nSPS) is 17.4. The average Bonchev–Trinajstić information content (AvgIpc) is 2.63. The van der Waals surface area contributed by atoms with Gasteiger partial charge in [0.1, 0.15) is 5.82 Å². The highest BCUT2D eigenvalue weighted by Crippen LogP contribution is 2.17. The second kappa shape index (κ2) is 8.12. The zero-order valence-corrected chi connectivity index (χ0v) is 14.4. The van der Waals surface area contributed by atoms with Crippen LogP contribution < -0.4 is 5.32 Å². The molecule has 0 aliphatic carbocycles. The molecule has 0 bridgehead atoms. The molecule has 1 atom stereocenters. The third-order valence-electron chi connectivity index (χ3n) is 4.37. The van der Waals surface area contributed by atoms with Crippen molar-refractivity contribution in [1.29, 1.82) is 0 Å². The summed E-state index contributed by atoms with van der Waals surface area (Å²) < 4.78 is 18.8.